The molecule has 0 saturated heterocycles. The second kappa shape index (κ2) is 7.20. The molecule has 0 unspecified atom stereocenters. The van der Waals surface area contributed by atoms with Gasteiger partial charge in [-0.2, -0.15) is 13.2 Å². The molecular weight excluding hydrogens is 329 g/mol. The van der Waals surface area contributed by atoms with Crippen molar-refractivity contribution in [2.24, 2.45) is 0 Å². The highest BCUT2D eigenvalue weighted by molar-refractivity contribution is 5.88. The van der Waals surface area contributed by atoms with Crippen LogP contribution in [0.15, 0.2) is 40.8 Å². The van der Waals surface area contributed by atoms with E-state index < -0.39 is 30.3 Å². The highest BCUT2D eigenvalue weighted by Gasteiger charge is 2.30. The first-order chi connectivity index (χ1) is 11.3. The van der Waals surface area contributed by atoms with E-state index in [0.29, 0.717) is 0 Å². The topological polar surface area (TPSA) is 65.7 Å². The van der Waals surface area contributed by atoms with Gasteiger partial charge < -0.3 is 13.9 Å². The predicted octanol–water partition coefficient (Wildman–Crippen LogP) is 3.69. The first kappa shape index (κ1) is 17.6. The van der Waals surface area contributed by atoms with Crippen molar-refractivity contribution in [3.05, 3.63) is 47.7 Å². The second-order valence-corrected chi connectivity index (χ2v) is 4.62. The maximum atomic E-state index is 12.7. The van der Waals surface area contributed by atoms with E-state index in [9.17, 15) is 22.8 Å². The average molecular weight is 342 g/mol. The molecule has 0 aliphatic rings. The van der Waals surface area contributed by atoms with Crippen LogP contribution in [0, 0.1) is 0 Å². The number of furan rings is 1. The van der Waals surface area contributed by atoms with Gasteiger partial charge in [0.2, 0.25) is 5.76 Å². The van der Waals surface area contributed by atoms with Gasteiger partial charge in [0, 0.05) is 5.56 Å². The number of hydrogen-bond acceptors (Lipinski definition) is 5. The van der Waals surface area contributed by atoms with Crippen LogP contribution in [0.1, 0.15) is 23.0 Å². The molecule has 5 nitrogen and oxygen atoms in total. The molecule has 8 heteroatoms. The molecule has 0 N–H and O–H groups in total. The zero-order valence-electron chi connectivity index (χ0n) is 12.6. The minimum absolute atomic E-state index is 0.0733. The Kier molecular flexibility index (Phi) is 5.28. The third-order valence-corrected chi connectivity index (χ3v) is 2.91. The van der Waals surface area contributed by atoms with E-state index in [1.54, 1.807) is 6.92 Å². The van der Waals surface area contributed by atoms with Crippen molar-refractivity contribution in [2.45, 2.75) is 13.1 Å². The van der Waals surface area contributed by atoms with Crippen LogP contribution < -0.4 is 0 Å². The third kappa shape index (κ3) is 4.37. The largest absolute Gasteiger partial charge is 0.463 e. The Morgan fingerprint density at radius 2 is 1.88 bits per heavy atom. The van der Waals surface area contributed by atoms with Crippen molar-refractivity contribution in [3.8, 4) is 11.3 Å². The number of carbonyl (C=O) groups excluding carboxylic acids is 2. The van der Waals surface area contributed by atoms with Crippen LogP contribution in [-0.4, -0.2) is 25.2 Å². The van der Waals surface area contributed by atoms with Gasteiger partial charge >= 0.3 is 18.1 Å². The lowest BCUT2D eigenvalue weighted by atomic mass is 10.1. The molecule has 0 bridgehead atoms. The SMILES string of the molecule is CCOC(=O)COC(=O)c1ccc(-c2cccc(C(F)(F)F)c2)o1. The van der Waals surface area contributed by atoms with Crippen molar-refractivity contribution < 1.29 is 36.7 Å². The quantitative estimate of drug-likeness (QED) is 0.776. The monoisotopic (exact) mass is 342 g/mol. The van der Waals surface area contributed by atoms with Crippen molar-refractivity contribution in [2.75, 3.05) is 13.2 Å². The molecular formula is C16H13F3O5. The van der Waals surface area contributed by atoms with E-state index in [1.807, 2.05) is 0 Å². The molecule has 1 aromatic carbocycles. The van der Waals surface area contributed by atoms with E-state index in [-0.39, 0.29) is 23.7 Å². The fourth-order valence-electron chi connectivity index (χ4n) is 1.85. The summed E-state index contributed by atoms with van der Waals surface area (Å²) in [6.07, 6.45) is -4.48. The summed E-state index contributed by atoms with van der Waals surface area (Å²) in [5.74, 6) is -1.78. The van der Waals surface area contributed by atoms with Crippen LogP contribution in [0.2, 0.25) is 0 Å². The van der Waals surface area contributed by atoms with E-state index >= 15 is 0 Å². The van der Waals surface area contributed by atoms with Gasteiger partial charge in [0.05, 0.1) is 12.2 Å². The lowest BCUT2D eigenvalue weighted by Gasteiger charge is -2.07. The lowest BCUT2D eigenvalue weighted by molar-refractivity contribution is -0.146. The van der Waals surface area contributed by atoms with Crippen molar-refractivity contribution in [1.29, 1.82) is 0 Å². The summed E-state index contributed by atoms with van der Waals surface area (Å²) in [5.41, 5.74) is -0.669. The molecule has 0 radical (unpaired) electrons. The molecule has 2 rings (SSSR count). The number of hydrogen-bond donors (Lipinski definition) is 0. The molecule has 128 valence electrons. The van der Waals surface area contributed by atoms with Gasteiger partial charge in [0.1, 0.15) is 5.76 Å². The highest BCUT2D eigenvalue weighted by Crippen LogP contribution is 2.32. The van der Waals surface area contributed by atoms with Gasteiger partial charge in [0.15, 0.2) is 6.61 Å². The molecule has 0 aliphatic heterocycles. The number of alkyl halides is 3. The lowest BCUT2D eigenvalue weighted by Crippen LogP contribution is -2.16. The van der Waals surface area contributed by atoms with Gasteiger partial charge in [-0.1, -0.05) is 12.1 Å². The van der Waals surface area contributed by atoms with Crippen LogP contribution >= 0.6 is 0 Å². The zero-order chi connectivity index (χ0) is 17.7. The Labute approximate surface area is 135 Å². The summed E-state index contributed by atoms with van der Waals surface area (Å²) in [6.45, 7) is 1.18. The number of carbonyl (C=O) groups is 2. The van der Waals surface area contributed by atoms with Gasteiger partial charge in [-0.15, -0.1) is 0 Å². The smallest absolute Gasteiger partial charge is 0.416 e. The fraction of sp³-hybridized carbons (Fsp3) is 0.250. The summed E-state index contributed by atoms with van der Waals surface area (Å²) in [5, 5.41) is 0. The van der Waals surface area contributed by atoms with Crippen molar-refractivity contribution in [1.82, 2.24) is 0 Å². The van der Waals surface area contributed by atoms with Crippen LogP contribution in [-0.2, 0) is 20.4 Å². The van der Waals surface area contributed by atoms with Gasteiger partial charge in [-0.3, -0.25) is 0 Å². The molecule has 0 saturated carbocycles. The average Bonchev–Trinajstić information content (AvgIpc) is 3.02. The predicted molar refractivity (Wildman–Crippen MR) is 76.1 cm³/mol. The molecule has 0 spiro atoms. The maximum Gasteiger partial charge on any atom is 0.416 e. The Hall–Kier alpha value is -2.77. The minimum Gasteiger partial charge on any atom is -0.463 e. The Morgan fingerprint density at radius 3 is 2.54 bits per heavy atom. The number of benzene rings is 1. The van der Waals surface area contributed by atoms with E-state index in [2.05, 4.69) is 9.47 Å². The molecule has 0 atom stereocenters. The number of esters is 2. The summed E-state index contributed by atoms with van der Waals surface area (Å²) in [4.78, 5) is 22.8. The fourth-order valence-corrected chi connectivity index (χ4v) is 1.85. The molecule has 0 aliphatic carbocycles. The van der Waals surface area contributed by atoms with Crippen molar-refractivity contribution >= 4 is 11.9 Å². The molecule has 24 heavy (non-hydrogen) atoms. The maximum absolute atomic E-state index is 12.7. The molecule has 1 heterocycles. The van der Waals surface area contributed by atoms with Crippen LogP contribution in [0.25, 0.3) is 11.3 Å². The van der Waals surface area contributed by atoms with Gasteiger partial charge in [-0.05, 0) is 31.2 Å². The highest BCUT2D eigenvalue weighted by atomic mass is 19.4. The van der Waals surface area contributed by atoms with Crippen molar-refractivity contribution in [3.63, 3.8) is 0 Å². The summed E-state index contributed by atoms with van der Waals surface area (Å²) < 4.78 is 52.6. The van der Waals surface area contributed by atoms with Crippen LogP contribution in [0.3, 0.4) is 0 Å². The van der Waals surface area contributed by atoms with E-state index in [0.717, 1.165) is 12.1 Å². The number of rotatable bonds is 5. The molecule has 0 fully saturated rings. The summed E-state index contributed by atoms with van der Waals surface area (Å²) in [7, 11) is 0. The Balaban J connectivity index is 2.10. The van der Waals surface area contributed by atoms with E-state index in [1.165, 1.54) is 24.3 Å². The normalized spacial score (nSPS) is 11.2. The standard InChI is InChI=1S/C16H13F3O5/c1-2-22-14(20)9-23-15(21)13-7-6-12(24-13)10-4-3-5-11(8-10)16(17,18)19/h3-8H,2,9H2,1H3. The third-order valence-electron chi connectivity index (χ3n) is 2.91. The Morgan fingerprint density at radius 1 is 1.12 bits per heavy atom. The molecule has 2 aromatic rings. The summed E-state index contributed by atoms with van der Waals surface area (Å²) >= 11 is 0. The zero-order valence-corrected chi connectivity index (χ0v) is 12.6. The summed E-state index contributed by atoms with van der Waals surface area (Å²) in [6, 6.07) is 7.09. The van der Waals surface area contributed by atoms with E-state index in [4.69, 9.17) is 4.42 Å². The van der Waals surface area contributed by atoms with Crippen LogP contribution in [0.4, 0.5) is 13.2 Å². The second-order valence-electron chi connectivity index (χ2n) is 4.62. The molecule has 0 amide bonds. The first-order valence-corrected chi connectivity index (χ1v) is 6.91. The van der Waals surface area contributed by atoms with Crippen LogP contribution in [0.5, 0.6) is 0 Å². The molecule has 1 aromatic heterocycles. The Bertz CT molecular complexity index is 733. The first-order valence-electron chi connectivity index (χ1n) is 6.91. The number of halogens is 3. The number of ether oxygens (including phenoxy) is 2. The van der Waals surface area contributed by atoms with Gasteiger partial charge in [0.25, 0.3) is 0 Å². The van der Waals surface area contributed by atoms with Gasteiger partial charge in [-0.25, -0.2) is 9.59 Å². The minimum atomic E-state index is -4.48.